The molecule has 0 fully saturated rings. The zero-order valence-corrected chi connectivity index (χ0v) is 10.7. The average molecular weight is 319 g/mol. The maximum Gasteiger partial charge on any atom is 0.0862 e. The third-order valence-corrected chi connectivity index (χ3v) is 3.53. The fourth-order valence-electron chi connectivity index (χ4n) is 2.00. The molecule has 3 aromatic rings. The highest BCUT2D eigenvalue weighted by Gasteiger charge is 2.09. The molecule has 2 aromatic carbocycles. The van der Waals surface area contributed by atoms with E-state index < -0.39 is 0 Å². The molecule has 1 heterocycles. The molecular weight excluding hydrogens is 309 g/mol. The summed E-state index contributed by atoms with van der Waals surface area (Å²) in [6.45, 7) is 0. The maximum atomic E-state index is 3.41. The van der Waals surface area contributed by atoms with Crippen LogP contribution in [0.5, 0.6) is 0 Å². The van der Waals surface area contributed by atoms with Crippen LogP contribution in [0, 0.1) is 3.70 Å². The van der Waals surface area contributed by atoms with Crippen LogP contribution in [0.3, 0.4) is 0 Å². The highest BCUT2D eigenvalue weighted by Crippen LogP contribution is 2.32. The highest BCUT2D eigenvalue weighted by atomic mass is 127. The minimum atomic E-state index is 1.20. The molecule has 0 aliphatic carbocycles. The number of aromatic amines is 1. The minimum Gasteiger partial charge on any atom is -0.349 e. The zero-order valence-electron chi connectivity index (χ0n) is 8.57. The van der Waals surface area contributed by atoms with Gasteiger partial charge >= 0.3 is 0 Å². The summed E-state index contributed by atoms with van der Waals surface area (Å²) < 4.78 is 1.20. The van der Waals surface area contributed by atoms with E-state index in [0.29, 0.717) is 0 Å². The van der Waals surface area contributed by atoms with Crippen LogP contribution in [-0.4, -0.2) is 4.98 Å². The molecule has 0 aliphatic heterocycles. The number of nitrogens with one attached hydrogen (secondary N) is 1. The Morgan fingerprint density at radius 2 is 1.50 bits per heavy atom. The van der Waals surface area contributed by atoms with Gasteiger partial charge in [-0.2, -0.15) is 0 Å². The van der Waals surface area contributed by atoms with Crippen LogP contribution >= 0.6 is 22.6 Å². The van der Waals surface area contributed by atoms with Crippen LogP contribution < -0.4 is 0 Å². The van der Waals surface area contributed by atoms with E-state index in [1.165, 1.54) is 25.7 Å². The summed E-state index contributed by atoms with van der Waals surface area (Å²) in [5, 5.41) is 1.29. The van der Waals surface area contributed by atoms with Gasteiger partial charge in [0.25, 0.3) is 0 Å². The van der Waals surface area contributed by atoms with Crippen LogP contribution in [-0.2, 0) is 0 Å². The smallest absolute Gasteiger partial charge is 0.0862 e. The lowest BCUT2D eigenvalue weighted by atomic mass is 10.1. The molecule has 0 atom stereocenters. The molecule has 0 saturated carbocycles. The molecule has 1 aromatic heterocycles. The van der Waals surface area contributed by atoms with Gasteiger partial charge < -0.3 is 4.98 Å². The van der Waals surface area contributed by atoms with E-state index in [-0.39, 0.29) is 0 Å². The van der Waals surface area contributed by atoms with E-state index in [2.05, 4.69) is 76.1 Å². The Labute approximate surface area is 108 Å². The van der Waals surface area contributed by atoms with Gasteiger partial charge in [0, 0.05) is 16.5 Å². The Bertz CT molecular complexity index is 626. The Morgan fingerprint density at radius 3 is 2.31 bits per heavy atom. The number of benzene rings is 2. The quantitative estimate of drug-likeness (QED) is 0.638. The van der Waals surface area contributed by atoms with Crippen molar-refractivity contribution in [2.45, 2.75) is 0 Å². The van der Waals surface area contributed by atoms with Crippen molar-refractivity contribution in [2.75, 3.05) is 0 Å². The standard InChI is InChI=1S/C14H10IN/c15-14-13(10-6-2-1-3-7-10)11-8-4-5-9-12(11)16-14/h1-9,16H. The Hall–Kier alpha value is -1.29. The summed E-state index contributed by atoms with van der Waals surface area (Å²) in [6.07, 6.45) is 0. The van der Waals surface area contributed by atoms with Crippen molar-refractivity contribution in [1.29, 1.82) is 0 Å². The largest absolute Gasteiger partial charge is 0.349 e. The molecule has 16 heavy (non-hydrogen) atoms. The van der Waals surface area contributed by atoms with Gasteiger partial charge in [0.2, 0.25) is 0 Å². The molecule has 0 bridgehead atoms. The third-order valence-electron chi connectivity index (χ3n) is 2.72. The molecule has 0 amide bonds. The first-order valence-corrected chi connectivity index (χ1v) is 6.26. The summed E-state index contributed by atoms with van der Waals surface area (Å²) in [5.41, 5.74) is 3.77. The van der Waals surface area contributed by atoms with Crippen LogP contribution in [0.2, 0.25) is 0 Å². The first kappa shape index (κ1) is 9.90. The second kappa shape index (κ2) is 3.94. The summed E-state index contributed by atoms with van der Waals surface area (Å²) in [4.78, 5) is 3.41. The van der Waals surface area contributed by atoms with Gasteiger partial charge in [0.05, 0.1) is 3.70 Å². The third kappa shape index (κ3) is 1.53. The van der Waals surface area contributed by atoms with Crippen molar-refractivity contribution in [1.82, 2.24) is 4.98 Å². The van der Waals surface area contributed by atoms with Gasteiger partial charge in [-0.3, -0.25) is 0 Å². The second-order valence-electron chi connectivity index (χ2n) is 3.73. The van der Waals surface area contributed by atoms with Crippen LogP contribution in [0.15, 0.2) is 54.6 Å². The Kier molecular flexibility index (Phi) is 2.44. The fraction of sp³-hybridized carbons (Fsp3) is 0. The first-order valence-electron chi connectivity index (χ1n) is 5.18. The molecule has 3 rings (SSSR count). The lowest BCUT2D eigenvalue weighted by molar-refractivity contribution is 1.41. The molecule has 1 nitrogen and oxygen atoms in total. The number of rotatable bonds is 1. The van der Waals surface area contributed by atoms with Crippen molar-refractivity contribution < 1.29 is 0 Å². The van der Waals surface area contributed by atoms with Gasteiger partial charge in [-0.05, 0) is 34.2 Å². The number of H-pyrrole nitrogens is 1. The van der Waals surface area contributed by atoms with E-state index in [1.54, 1.807) is 0 Å². The number of halogens is 1. The molecule has 78 valence electrons. The second-order valence-corrected chi connectivity index (χ2v) is 4.80. The molecular formula is C14H10IN. The molecule has 0 radical (unpaired) electrons. The molecule has 0 aliphatic rings. The normalized spacial score (nSPS) is 10.8. The zero-order chi connectivity index (χ0) is 11.0. The number of para-hydroxylation sites is 1. The van der Waals surface area contributed by atoms with E-state index >= 15 is 0 Å². The summed E-state index contributed by atoms with van der Waals surface area (Å²) in [6, 6.07) is 18.9. The van der Waals surface area contributed by atoms with E-state index in [4.69, 9.17) is 0 Å². The number of hydrogen-bond acceptors (Lipinski definition) is 0. The summed E-state index contributed by atoms with van der Waals surface area (Å²) in [7, 11) is 0. The monoisotopic (exact) mass is 319 g/mol. The lowest BCUT2D eigenvalue weighted by Crippen LogP contribution is -1.77. The Morgan fingerprint density at radius 1 is 0.812 bits per heavy atom. The number of hydrogen-bond donors (Lipinski definition) is 1. The maximum absolute atomic E-state index is 3.41. The van der Waals surface area contributed by atoms with E-state index in [9.17, 15) is 0 Å². The molecule has 0 unspecified atom stereocenters. The van der Waals surface area contributed by atoms with Gasteiger partial charge in [-0.25, -0.2) is 0 Å². The van der Waals surface area contributed by atoms with Gasteiger partial charge in [0.1, 0.15) is 0 Å². The SMILES string of the molecule is Ic1[nH]c2ccccc2c1-c1ccccc1. The molecule has 1 N–H and O–H groups in total. The van der Waals surface area contributed by atoms with Crippen LogP contribution in [0.25, 0.3) is 22.0 Å². The average Bonchev–Trinajstić information content (AvgIpc) is 2.66. The summed E-state index contributed by atoms with van der Waals surface area (Å²) >= 11 is 2.36. The lowest BCUT2D eigenvalue weighted by Gasteiger charge is -1.99. The minimum absolute atomic E-state index is 1.20. The van der Waals surface area contributed by atoms with Gasteiger partial charge in [0.15, 0.2) is 0 Å². The van der Waals surface area contributed by atoms with Crippen molar-refractivity contribution in [3.05, 3.63) is 58.3 Å². The van der Waals surface area contributed by atoms with E-state index in [0.717, 1.165) is 0 Å². The van der Waals surface area contributed by atoms with Crippen molar-refractivity contribution in [2.24, 2.45) is 0 Å². The van der Waals surface area contributed by atoms with Crippen molar-refractivity contribution >= 4 is 33.5 Å². The molecule has 0 spiro atoms. The van der Waals surface area contributed by atoms with Crippen molar-refractivity contribution in [3.8, 4) is 11.1 Å². The van der Waals surface area contributed by atoms with Gasteiger partial charge in [-0.15, -0.1) is 0 Å². The van der Waals surface area contributed by atoms with Gasteiger partial charge in [-0.1, -0.05) is 48.5 Å². The van der Waals surface area contributed by atoms with Crippen LogP contribution in [0.4, 0.5) is 0 Å². The predicted molar refractivity (Wildman–Crippen MR) is 76.5 cm³/mol. The highest BCUT2D eigenvalue weighted by molar-refractivity contribution is 14.1. The first-order chi connectivity index (χ1) is 7.86. The molecule has 0 saturated heterocycles. The van der Waals surface area contributed by atoms with Crippen LogP contribution in [0.1, 0.15) is 0 Å². The number of aromatic nitrogens is 1. The molecule has 2 heteroatoms. The Balaban J connectivity index is 2.35. The number of fused-ring (bicyclic) bond motifs is 1. The van der Waals surface area contributed by atoms with Crippen molar-refractivity contribution in [3.63, 3.8) is 0 Å². The van der Waals surface area contributed by atoms with E-state index in [1.807, 2.05) is 6.07 Å². The topological polar surface area (TPSA) is 15.8 Å². The summed E-state index contributed by atoms with van der Waals surface area (Å²) in [5.74, 6) is 0. The predicted octanol–water partition coefficient (Wildman–Crippen LogP) is 4.44. The fourth-order valence-corrected chi connectivity index (χ4v) is 2.89.